The van der Waals surface area contributed by atoms with Crippen molar-refractivity contribution in [3.63, 3.8) is 0 Å². The van der Waals surface area contributed by atoms with Crippen LogP contribution in [0, 0.1) is 5.92 Å². The molecule has 0 N–H and O–H groups in total. The lowest BCUT2D eigenvalue weighted by molar-refractivity contribution is -0.139. The minimum Gasteiger partial charge on any atom is -0.462 e. The van der Waals surface area contributed by atoms with Crippen LogP contribution < -0.4 is 0 Å². The largest absolute Gasteiger partial charge is 0.462 e. The van der Waals surface area contributed by atoms with Gasteiger partial charge in [-0.25, -0.2) is 4.79 Å². The molecule has 0 spiro atoms. The van der Waals surface area contributed by atoms with Crippen LogP contribution in [-0.4, -0.2) is 12.6 Å². The smallest absolute Gasteiger partial charge is 0.333 e. The van der Waals surface area contributed by atoms with Gasteiger partial charge in [0.2, 0.25) is 0 Å². The Morgan fingerprint density at radius 3 is 2.50 bits per heavy atom. The molecule has 0 aliphatic carbocycles. The summed E-state index contributed by atoms with van der Waals surface area (Å²) in [6.45, 7) is 10.7. The van der Waals surface area contributed by atoms with Crippen LogP contribution in [0.5, 0.6) is 0 Å². The van der Waals surface area contributed by atoms with Gasteiger partial charge in [0.15, 0.2) is 0 Å². The van der Waals surface area contributed by atoms with Crippen molar-refractivity contribution in [1.82, 2.24) is 0 Å². The van der Waals surface area contributed by atoms with E-state index >= 15 is 0 Å². The third kappa shape index (κ3) is 8.51. The predicted molar refractivity (Wildman–Crippen MR) is 68.3 cm³/mol. The lowest BCUT2D eigenvalue weighted by atomic mass is 10.1. The first-order valence-electron chi connectivity index (χ1n) is 6.42. The van der Waals surface area contributed by atoms with Gasteiger partial charge < -0.3 is 4.74 Å². The van der Waals surface area contributed by atoms with E-state index in [-0.39, 0.29) is 5.97 Å². The van der Waals surface area contributed by atoms with Crippen LogP contribution in [0.2, 0.25) is 0 Å². The van der Waals surface area contributed by atoms with Crippen LogP contribution in [0.1, 0.15) is 59.3 Å². The highest BCUT2D eigenvalue weighted by atomic mass is 16.5. The Hall–Kier alpha value is -0.790. The average molecular weight is 226 g/mol. The van der Waals surface area contributed by atoms with E-state index in [1.807, 2.05) is 0 Å². The summed E-state index contributed by atoms with van der Waals surface area (Å²) in [4.78, 5) is 11.5. The molecule has 0 aliphatic heterocycles. The van der Waals surface area contributed by atoms with Crippen molar-refractivity contribution in [2.75, 3.05) is 6.61 Å². The molecule has 0 radical (unpaired) electrons. The Morgan fingerprint density at radius 1 is 1.25 bits per heavy atom. The number of hydrogen-bond acceptors (Lipinski definition) is 2. The fraction of sp³-hybridized carbons (Fsp3) is 0.786. The van der Waals surface area contributed by atoms with Crippen molar-refractivity contribution in [3.8, 4) is 0 Å². The zero-order chi connectivity index (χ0) is 12.4. The van der Waals surface area contributed by atoms with Crippen LogP contribution in [0.3, 0.4) is 0 Å². The molecule has 0 aromatic heterocycles. The number of carbonyl (C=O) groups is 1. The molecule has 0 aliphatic rings. The molecule has 0 atom stereocenters. The Labute approximate surface area is 100 Å². The topological polar surface area (TPSA) is 26.3 Å². The van der Waals surface area contributed by atoms with Gasteiger partial charge in [0.1, 0.15) is 0 Å². The number of unbranched alkanes of at least 4 members (excludes halogenated alkanes) is 3. The summed E-state index contributed by atoms with van der Waals surface area (Å²) in [5, 5.41) is 0. The van der Waals surface area contributed by atoms with E-state index < -0.39 is 0 Å². The van der Waals surface area contributed by atoms with Gasteiger partial charge in [0, 0.05) is 5.57 Å². The minimum atomic E-state index is -0.211. The molecule has 16 heavy (non-hydrogen) atoms. The third-order valence-electron chi connectivity index (χ3n) is 2.55. The van der Waals surface area contributed by atoms with E-state index in [4.69, 9.17) is 4.74 Å². The molecule has 0 fully saturated rings. The van der Waals surface area contributed by atoms with Crippen LogP contribution in [-0.2, 0) is 9.53 Å². The van der Waals surface area contributed by atoms with Gasteiger partial charge in [0.25, 0.3) is 0 Å². The molecule has 0 saturated heterocycles. The van der Waals surface area contributed by atoms with Gasteiger partial charge in [-0.05, 0) is 25.2 Å². The number of hydrogen-bond donors (Lipinski definition) is 0. The zero-order valence-corrected chi connectivity index (χ0v) is 11.1. The van der Waals surface area contributed by atoms with Gasteiger partial charge in [-0.3, -0.25) is 0 Å². The molecule has 94 valence electrons. The fourth-order valence-corrected chi connectivity index (χ4v) is 1.36. The van der Waals surface area contributed by atoms with E-state index in [0.29, 0.717) is 18.1 Å². The second-order valence-corrected chi connectivity index (χ2v) is 4.73. The summed E-state index contributed by atoms with van der Waals surface area (Å²) < 4.78 is 5.13. The second kappa shape index (κ2) is 9.44. The van der Waals surface area contributed by atoms with E-state index in [1.54, 1.807) is 0 Å². The molecule has 0 bridgehead atoms. The molecule has 0 rings (SSSR count). The lowest BCUT2D eigenvalue weighted by Gasteiger charge is -2.08. The van der Waals surface area contributed by atoms with E-state index in [0.717, 1.165) is 19.3 Å². The molecule has 0 amide bonds. The highest BCUT2D eigenvalue weighted by Crippen LogP contribution is 2.10. The summed E-state index contributed by atoms with van der Waals surface area (Å²) in [7, 11) is 0. The average Bonchev–Trinajstić information content (AvgIpc) is 2.23. The molecular weight excluding hydrogens is 200 g/mol. The van der Waals surface area contributed by atoms with Crippen molar-refractivity contribution in [3.05, 3.63) is 12.2 Å². The predicted octanol–water partition coefficient (Wildman–Crippen LogP) is 4.10. The fourth-order valence-electron chi connectivity index (χ4n) is 1.36. The quantitative estimate of drug-likeness (QED) is 0.336. The summed E-state index contributed by atoms with van der Waals surface area (Å²) in [6, 6.07) is 0. The molecular formula is C14H26O2. The van der Waals surface area contributed by atoms with E-state index in [9.17, 15) is 4.79 Å². The highest BCUT2D eigenvalue weighted by Gasteiger charge is 2.08. The molecule has 0 aromatic rings. The van der Waals surface area contributed by atoms with Crippen molar-refractivity contribution in [2.24, 2.45) is 5.92 Å². The maximum absolute atomic E-state index is 11.5. The SMILES string of the molecule is C=C(CCCCCC)C(=O)OCCC(C)C. The summed E-state index contributed by atoms with van der Waals surface area (Å²) in [5.41, 5.74) is 0.625. The second-order valence-electron chi connectivity index (χ2n) is 4.73. The van der Waals surface area contributed by atoms with Gasteiger partial charge >= 0.3 is 5.97 Å². The standard InChI is InChI=1S/C14H26O2/c1-5-6-7-8-9-13(4)14(15)16-11-10-12(2)3/h12H,4-11H2,1-3H3. The van der Waals surface area contributed by atoms with E-state index in [2.05, 4.69) is 27.4 Å². The van der Waals surface area contributed by atoms with Gasteiger partial charge in [-0.15, -0.1) is 0 Å². The van der Waals surface area contributed by atoms with Gasteiger partial charge in [0.05, 0.1) is 6.61 Å². The summed E-state index contributed by atoms with van der Waals surface area (Å²) in [5.74, 6) is 0.364. The van der Waals surface area contributed by atoms with Gasteiger partial charge in [-0.1, -0.05) is 46.6 Å². The number of rotatable bonds is 9. The number of esters is 1. The van der Waals surface area contributed by atoms with Crippen molar-refractivity contribution in [2.45, 2.75) is 59.3 Å². The van der Waals surface area contributed by atoms with Crippen LogP contribution >= 0.6 is 0 Å². The summed E-state index contributed by atoms with van der Waals surface area (Å²) >= 11 is 0. The Bertz CT molecular complexity index is 207. The molecule has 0 heterocycles. The maximum atomic E-state index is 11.5. The zero-order valence-electron chi connectivity index (χ0n) is 11.1. The van der Waals surface area contributed by atoms with Crippen molar-refractivity contribution < 1.29 is 9.53 Å². The number of carbonyl (C=O) groups excluding carboxylic acids is 1. The van der Waals surface area contributed by atoms with E-state index in [1.165, 1.54) is 19.3 Å². The first-order valence-corrected chi connectivity index (χ1v) is 6.42. The van der Waals surface area contributed by atoms with Crippen LogP contribution in [0.15, 0.2) is 12.2 Å². The Balaban J connectivity index is 3.54. The first kappa shape index (κ1) is 15.2. The van der Waals surface area contributed by atoms with Gasteiger partial charge in [-0.2, -0.15) is 0 Å². The third-order valence-corrected chi connectivity index (χ3v) is 2.55. The van der Waals surface area contributed by atoms with Crippen LogP contribution in [0.25, 0.3) is 0 Å². The normalized spacial score (nSPS) is 10.5. The van der Waals surface area contributed by atoms with Crippen LogP contribution in [0.4, 0.5) is 0 Å². The maximum Gasteiger partial charge on any atom is 0.333 e. The highest BCUT2D eigenvalue weighted by molar-refractivity contribution is 5.87. The molecule has 0 unspecified atom stereocenters. The molecule has 2 heteroatoms. The monoisotopic (exact) mass is 226 g/mol. The first-order chi connectivity index (χ1) is 7.57. The Kier molecular flexibility index (Phi) is 8.97. The minimum absolute atomic E-state index is 0.211. The number of ether oxygens (including phenoxy) is 1. The lowest BCUT2D eigenvalue weighted by Crippen LogP contribution is -2.09. The Morgan fingerprint density at radius 2 is 1.94 bits per heavy atom. The molecule has 0 aromatic carbocycles. The summed E-state index contributed by atoms with van der Waals surface area (Å²) in [6.07, 6.45) is 6.37. The van der Waals surface area contributed by atoms with Crippen molar-refractivity contribution >= 4 is 5.97 Å². The molecule has 2 nitrogen and oxygen atoms in total. The van der Waals surface area contributed by atoms with Crippen molar-refractivity contribution in [1.29, 1.82) is 0 Å². The molecule has 0 saturated carbocycles.